The Morgan fingerprint density at radius 2 is 1.45 bits per heavy atom. The van der Waals surface area contributed by atoms with E-state index < -0.39 is 11.9 Å². The molecule has 5 N–H and O–H groups in total. The van der Waals surface area contributed by atoms with E-state index in [4.69, 9.17) is 25.5 Å². The van der Waals surface area contributed by atoms with Crippen molar-refractivity contribution in [1.82, 2.24) is 11.1 Å². The minimum absolute atomic E-state index is 0. The van der Waals surface area contributed by atoms with Crippen LogP contribution >= 0.6 is 0 Å². The number of halogens is 2. The third-order valence-corrected chi connectivity index (χ3v) is 1.05. The van der Waals surface area contributed by atoms with Gasteiger partial charge in [-0.05, 0) is 32.4 Å². The van der Waals surface area contributed by atoms with Crippen LogP contribution in [0, 0.1) is 6.92 Å². The number of carboxylic acids is 2. The number of carboxylic acid groups (broad SMARTS) is 2. The summed E-state index contributed by atoms with van der Waals surface area (Å²) in [6.45, 7) is 3.88. The van der Waals surface area contributed by atoms with Crippen LogP contribution < -0.4 is 46.9 Å². The van der Waals surface area contributed by atoms with Crippen LogP contribution in [0.25, 0.3) is 0 Å². The van der Waals surface area contributed by atoms with Gasteiger partial charge in [0.25, 0.3) is 0 Å². The molecule has 0 unspecified atom stereocenters. The molecule has 1 aromatic rings. The zero-order chi connectivity index (χ0) is 13.1. The van der Waals surface area contributed by atoms with Crippen molar-refractivity contribution in [3.05, 3.63) is 23.9 Å². The second-order valence-corrected chi connectivity index (χ2v) is 2.69. The van der Waals surface area contributed by atoms with E-state index in [1.165, 1.54) is 0 Å². The molecule has 0 aliphatic carbocycles. The van der Waals surface area contributed by atoms with Crippen LogP contribution in [0.15, 0.2) is 18.3 Å². The fraction of sp³-hybridized carbons (Fsp3) is 0.300. The van der Waals surface area contributed by atoms with Gasteiger partial charge in [-0.3, -0.25) is 0 Å². The first-order valence-electron chi connectivity index (χ1n) is 4.29. The molecule has 7 nitrogen and oxygen atoms in total. The molecule has 0 saturated carbocycles. The Labute approximate surface area is 145 Å². The SMILES string of the molecule is CC(=O)[O-].CC(=O)[O-].Cc1cccnc1N.N.[Cl-].[Cl-].[Pt+4]. The number of rotatable bonds is 0. The zero-order valence-corrected chi connectivity index (χ0v) is 15.0. The Morgan fingerprint density at radius 3 is 1.60 bits per heavy atom. The van der Waals surface area contributed by atoms with E-state index in [0.717, 1.165) is 19.4 Å². The molecule has 0 amide bonds. The average Bonchev–Trinajstić information content (AvgIpc) is 2.08. The monoisotopic (exact) mass is 508 g/mol. The van der Waals surface area contributed by atoms with Gasteiger partial charge in [0.2, 0.25) is 0 Å². The van der Waals surface area contributed by atoms with Crippen LogP contribution in [0.4, 0.5) is 5.82 Å². The van der Waals surface area contributed by atoms with Gasteiger partial charge in [-0.25, -0.2) is 4.98 Å². The summed E-state index contributed by atoms with van der Waals surface area (Å²) >= 11 is 0. The number of aromatic nitrogens is 1. The zero-order valence-electron chi connectivity index (χ0n) is 11.2. The molecule has 120 valence electrons. The summed E-state index contributed by atoms with van der Waals surface area (Å²) in [6, 6.07) is 3.80. The van der Waals surface area contributed by atoms with Crippen LogP contribution in [0.3, 0.4) is 0 Å². The van der Waals surface area contributed by atoms with E-state index in [2.05, 4.69) is 4.98 Å². The molecule has 0 atom stereocenters. The van der Waals surface area contributed by atoms with E-state index in [1.54, 1.807) is 6.20 Å². The van der Waals surface area contributed by atoms with Crippen molar-refractivity contribution in [1.29, 1.82) is 0 Å². The second kappa shape index (κ2) is 23.2. The smallest absolute Gasteiger partial charge is 1.00 e. The number of carbonyl (C=O) groups is 2. The minimum Gasteiger partial charge on any atom is -1.00 e. The first kappa shape index (κ1) is 36.5. The van der Waals surface area contributed by atoms with E-state index in [1.807, 2.05) is 19.1 Å². The Balaban J connectivity index is -0.0000000365. The van der Waals surface area contributed by atoms with Gasteiger partial charge < -0.3 is 56.5 Å². The molecule has 0 aliphatic rings. The number of anilines is 1. The molecule has 0 radical (unpaired) electrons. The van der Waals surface area contributed by atoms with Crippen molar-refractivity contribution in [3.63, 3.8) is 0 Å². The van der Waals surface area contributed by atoms with Crippen molar-refractivity contribution >= 4 is 17.8 Å². The molecule has 0 aliphatic heterocycles. The van der Waals surface area contributed by atoms with Gasteiger partial charge in [0, 0.05) is 18.1 Å². The van der Waals surface area contributed by atoms with Gasteiger partial charge in [-0.15, -0.1) is 0 Å². The molecule has 0 saturated heterocycles. The average molecular weight is 509 g/mol. The Bertz CT molecular complexity index is 316. The predicted octanol–water partition coefficient (Wildman–Crippen LogP) is -7.35. The molecule has 1 aromatic heterocycles. The van der Waals surface area contributed by atoms with Crippen LogP contribution in [0.5, 0.6) is 0 Å². The van der Waals surface area contributed by atoms with E-state index >= 15 is 0 Å². The molecular weight excluding hydrogens is 492 g/mol. The predicted molar refractivity (Wildman–Crippen MR) is 59.8 cm³/mol. The van der Waals surface area contributed by atoms with E-state index in [9.17, 15) is 0 Å². The summed E-state index contributed by atoms with van der Waals surface area (Å²) in [6.07, 6.45) is 1.68. The molecule has 0 bridgehead atoms. The number of nitrogens with zero attached hydrogens (tertiary/aromatic N) is 1. The summed E-state index contributed by atoms with van der Waals surface area (Å²) in [5.74, 6) is -1.55. The number of hydrogen-bond donors (Lipinski definition) is 2. The molecule has 1 heterocycles. The van der Waals surface area contributed by atoms with Crippen molar-refractivity contribution in [2.24, 2.45) is 0 Å². The summed E-state index contributed by atoms with van der Waals surface area (Å²) in [5, 5.41) is 17.8. The van der Waals surface area contributed by atoms with Gasteiger partial charge >= 0.3 is 21.1 Å². The normalized spacial score (nSPS) is 6.15. The number of nitrogens with two attached hydrogens (primary N) is 1. The van der Waals surface area contributed by atoms with Crippen molar-refractivity contribution in [3.8, 4) is 0 Å². The van der Waals surface area contributed by atoms with Gasteiger partial charge in [-0.2, -0.15) is 0 Å². The van der Waals surface area contributed by atoms with E-state index in [-0.39, 0.29) is 52.0 Å². The maximum atomic E-state index is 8.89. The maximum Gasteiger partial charge on any atom is 4.00 e. The Morgan fingerprint density at radius 1 is 1.15 bits per heavy atom. The van der Waals surface area contributed by atoms with Crippen LogP contribution in [-0.2, 0) is 30.7 Å². The molecule has 10 heteroatoms. The number of pyridine rings is 1. The molecule has 20 heavy (non-hydrogen) atoms. The molecule has 0 fully saturated rings. The number of carbonyl (C=O) groups excluding carboxylic acids is 2. The fourth-order valence-electron chi connectivity index (χ4n) is 0.498. The van der Waals surface area contributed by atoms with Gasteiger partial charge in [-0.1, -0.05) is 6.07 Å². The summed E-state index contributed by atoms with van der Waals surface area (Å²) in [5.41, 5.74) is 6.44. The molecule has 0 spiro atoms. The Hall–Kier alpha value is -0.882. The Kier molecular flexibility index (Phi) is 42.4. The quantitative estimate of drug-likeness (QED) is 0.352. The van der Waals surface area contributed by atoms with Crippen molar-refractivity contribution in [2.45, 2.75) is 20.8 Å². The molecule has 0 aromatic carbocycles. The van der Waals surface area contributed by atoms with Crippen molar-refractivity contribution in [2.75, 3.05) is 5.73 Å². The third-order valence-electron chi connectivity index (χ3n) is 1.05. The summed E-state index contributed by atoms with van der Waals surface area (Å²) in [7, 11) is 0. The van der Waals surface area contributed by atoms with Crippen LogP contribution in [-0.4, -0.2) is 16.9 Å². The largest absolute Gasteiger partial charge is 4.00 e. The number of nitrogen functional groups attached to an aromatic ring is 1. The minimum atomic E-state index is -1.08. The second-order valence-electron chi connectivity index (χ2n) is 2.69. The first-order chi connectivity index (χ1) is 7.27. The fourth-order valence-corrected chi connectivity index (χ4v) is 0.498. The number of hydrogen-bond acceptors (Lipinski definition) is 7. The maximum absolute atomic E-state index is 8.89. The third kappa shape index (κ3) is 43.4. The standard InChI is InChI=1S/C6H8N2.2C2H4O2.2ClH.H3N.Pt/c1-5-3-2-4-8-6(5)7;2*1-2(3)4;;;;/h2-4H,1H3,(H2,7,8);2*1H3,(H,3,4);2*1H;1H3;/q;;;;;;+4/p-4. The molecule has 1 rings (SSSR count). The molecular formula is C10H17Cl2N3O4Pt. The van der Waals surface area contributed by atoms with Gasteiger partial charge in [0.05, 0.1) is 0 Å². The van der Waals surface area contributed by atoms with Crippen molar-refractivity contribution < 1.29 is 65.7 Å². The van der Waals surface area contributed by atoms with Crippen LogP contribution in [0.1, 0.15) is 19.4 Å². The topological polar surface area (TPSA) is 154 Å². The van der Waals surface area contributed by atoms with Gasteiger partial charge in [0.15, 0.2) is 0 Å². The van der Waals surface area contributed by atoms with Gasteiger partial charge in [0.1, 0.15) is 5.82 Å². The number of aliphatic carboxylic acids is 2. The summed E-state index contributed by atoms with van der Waals surface area (Å²) in [4.78, 5) is 21.6. The summed E-state index contributed by atoms with van der Waals surface area (Å²) < 4.78 is 0. The number of aryl methyl sites for hydroxylation is 1. The van der Waals surface area contributed by atoms with Crippen LogP contribution in [0.2, 0.25) is 0 Å². The first-order valence-corrected chi connectivity index (χ1v) is 4.29. The van der Waals surface area contributed by atoms with E-state index in [0.29, 0.717) is 5.82 Å².